The molecule has 1 aliphatic rings. The van der Waals surface area contributed by atoms with E-state index in [2.05, 4.69) is 15.4 Å². The number of alkyl halides is 3. The van der Waals surface area contributed by atoms with E-state index in [4.69, 9.17) is 13.7 Å². The quantitative estimate of drug-likeness (QED) is 0.279. The van der Waals surface area contributed by atoms with Gasteiger partial charge in [0.1, 0.15) is 5.60 Å². The number of nitrogens with one attached hydrogen (secondary N) is 1. The van der Waals surface area contributed by atoms with Crippen molar-refractivity contribution in [2.75, 3.05) is 13.2 Å². The molecule has 2 unspecified atom stereocenters. The van der Waals surface area contributed by atoms with Gasteiger partial charge in [-0.05, 0) is 63.8 Å². The summed E-state index contributed by atoms with van der Waals surface area (Å²) in [4.78, 5) is 16.3. The summed E-state index contributed by atoms with van der Waals surface area (Å²) in [6.45, 7) is 7.88. The molecule has 1 aromatic carbocycles. The van der Waals surface area contributed by atoms with Gasteiger partial charge in [0, 0.05) is 30.8 Å². The summed E-state index contributed by atoms with van der Waals surface area (Å²) in [5.41, 5.74) is -4.96. The number of benzene rings is 1. The van der Waals surface area contributed by atoms with Crippen LogP contribution in [-0.4, -0.2) is 53.5 Å². The van der Waals surface area contributed by atoms with Gasteiger partial charge in [-0.3, -0.25) is 4.98 Å². The first kappa shape index (κ1) is 29.6. The highest BCUT2D eigenvalue weighted by molar-refractivity contribution is 7.88. The third-order valence-electron chi connectivity index (χ3n) is 6.22. The fraction of sp³-hybridized carbons (Fsp3) is 0.500. The molecule has 1 aliphatic heterocycles. The predicted octanol–water partition coefficient (Wildman–Crippen LogP) is 5.65. The summed E-state index contributed by atoms with van der Waals surface area (Å²) < 4.78 is 81.2. The van der Waals surface area contributed by atoms with E-state index in [1.807, 2.05) is 6.92 Å². The second-order valence-corrected chi connectivity index (χ2v) is 12.1. The van der Waals surface area contributed by atoms with Crippen molar-refractivity contribution in [2.45, 2.75) is 70.2 Å². The van der Waals surface area contributed by atoms with E-state index in [0.29, 0.717) is 18.5 Å². The average molecular weight is 585 g/mol. The van der Waals surface area contributed by atoms with Crippen molar-refractivity contribution in [1.82, 2.24) is 20.1 Å². The Kier molecular flexibility index (Phi) is 8.31. The fourth-order valence-corrected chi connectivity index (χ4v) is 4.71. The van der Waals surface area contributed by atoms with E-state index in [-0.39, 0.29) is 29.1 Å². The minimum atomic E-state index is -5.99. The molecule has 1 N–H and O–H groups in total. The first-order chi connectivity index (χ1) is 18.7. The van der Waals surface area contributed by atoms with Crippen molar-refractivity contribution in [2.24, 2.45) is 0 Å². The normalized spacial score (nSPS) is 17.4. The van der Waals surface area contributed by atoms with Gasteiger partial charge in [0.25, 0.3) is 0 Å². The molecule has 218 valence electrons. The van der Waals surface area contributed by atoms with Crippen LogP contribution >= 0.6 is 0 Å². The van der Waals surface area contributed by atoms with Crippen molar-refractivity contribution >= 4 is 27.1 Å². The molecule has 10 nitrogen and oxygen atoms in total. The van der Waals surface area contributed by atoms with Gasteiger partial charge in [-0.25, -0.2) is 9.48 Å². The maximum absolute atomic E-state index is 13.3. The molecule has 0 radical (unpaired) electrons. The van der Waals surface area contributed by atoms with E-state index in [1.54, 1.807) is 39.0 Å². The standard InChI is InChI=1S/C26H31F3N4O6S/c1-16(13-31-24(34)38-25(2,3)4)17-8-10-20(30-14-17)18-9-11-21-19(23(18)39-40(35,36)26(27,28)29)15-32-33(21)22-7-5-6-12-37-22/h8-11,14-16,22H,5-7,12-13H2,1-4H3,(H,31,34). The monoisotopic (exact) mass is 584 g/mol. The lowest BCUT2D eigenvalue weighted by Gasteiger charge is -2.23. The molecule has 0 aliphatic carbocycles. The number of halogens is 3. The molecule has 40 heavy (non-hydrogen) atoms. The highest BCUT2D eigenvalue weighted by Gasteiger charge is 2.49. The summed E-state index contributed by atoms with van der Waals surface area (Å²) in [6, 6.07) is 6.29. The summed E-state index contributed by atoms with van der Waals surface area (Å²) in [5, 5.41) is 7.02. The Hall–Kier alpha value is -3.39. The smallest absolute Gasteiger partial charge is 0.444 e. The van der Waals surface area contributed by atoms with Gasteiger partial charge in [-0.2, -0.15) is 26.7 Å². The molecular formula is C26H31F3N4O6S. The Labute approximate surface area is 229 Å². The molecule has 0 bridgehead atoms. The fourth-order valence-electron chi connectivity index (χ4n) is 4.21. The molecule has 2 atom stereocenters. The second-order valence-electron chi connectivity index (χ2n) is 10.5. The van der Waals surface area contributed by atoms with Crippen molar-refractivity contribution in [3.8, 4) is 17.0 Å². The Bertz CT molecular complexity index is 1460. The molecule has 4 rings (SSSR count). The topological polar surface area (TPSA) is 122 Å². The number of amides is 1. The maximum Gasteiger partial charge on any atom is 0.534 e. The van der Waals surface area contributed by atoms with Crippen molar-refractivity contribution in [3.63, 3.8) is 0 Å². The number of pyridine rings is 1. The SMILES string of the molecule is CC(CNC(=O)OC(C)(C)C)c1ccc(-c2ccc3c(cnn3C3CCCCO3)c2OS(=O)(=O)C(F)(F)F)nc1. The summed E-state index contributed by atoms with van der Waals surface area (Å²) >= 11 is 0. The van der Waals surface area contributed by atoms with Gasteiger partial charge >= 0.3 is 21.7 Å². The number of hydrogen-bond donors (Lipinski definition) is 1. The molecule has 3 aromatic rings. The number of rotatable bonds is 7. The molecule has 0 saturated carbocycles. The van der Waals surface area contributed by atoms with Gasteiger partial charge < -0.3 is 19.0 Å². The lowest BCUT2D eigenvalue weighted by Crippen LogP contribution is -2.34. The van der Waals surface area contributed by atoms with Crippen molar-refractivity contribution in [1.29, 1.82) is 0 Å². The maximum atomic E-state index is 13.3. The van der Waals surface area contributed by atoms with Crippen LogP contribution in [0.2, 0.25) is 0 Å². The van der Waals surface area contributed by atoms with Crippen LogP contribution in [0.5, 0.6) is 5.75 Å². The molecule has 2 aromatic heterocycles. The minimum absolute atomic E-state index is 0.0375. The number of fused-ring (bicyclic) bond motifs is 1. The molecule has 14 heteroatoms. The van der Waals surface area contributed by atoms with Crippen LogP contribution in [0.25, 0.3) is 22.2 Å². The number of alkyl carbamates (subject to hydrolysis) is 1. The Morgan fingerprint density at radius 3 is 2.52 bits per heavy atom. The largest absolute Gasteiger partial charge is 0.534 e. The van der Waals surface area contributed by atoms with Crippen LogP contribution in [-0.2, 0) is 19.6 Å². The summed E-state index contributed by atoms with van der Waals surface area (Å²) in [5.74, 6) is -0.705. The van der Waals surface area contributed by atoms with Crippen molar-refractivity contribution in [3.05, 3.63) is 42.2 Å². The Balaban J connectivity index is 1.66. The van der Waals surface area contributed by atoms with Crippen LogP contribution in [0.4, 0.5) is 18.0 Å². The molecule has 1 saturated heterocycles. The van der Waals surface area contributed by atoms with Crippen LogP contribution < -0.4 is 9.50 Å². The zero-order valence-electron chi connectivity index (χ0n) is 22.5. The minimum Gasteiger partial charge on any atom is -0.444 e. The Morgan fingerprint density at radius 1 is 1.18 bits per heavy atom. The number of nitrogens with zero attached hydrogens (tertiary/aromatic N) is 3. The molecule has 0 spiro atoms. The number of aromatic nitrogens is 3. The lowest BCUT2D eigenvalue weighted by molar-refractivity contribution is -0.0499. The molecule has 1 amide bonds. The number of carbonyl (C=O) groups is 1. The summed E-state index contributed by atoms with van der Waals surface area (Å²) in [6.07, 6.45) is 4.19. The molecular weight excluding hydrogens is 553 g/mol. The average Bonchev–Trinajstić information content (AvgIpc) is 3.31. The van der Waals surface area contributed by atoms with E-state index in [9.17, 15) is 26.4 Å². The van der Waals surface area contributed by atoms with Gasteiger partial charge in [0.05, 0.1) is 22.8 Å². The third-order valence-corrected chi connectivity index (χ3v) is 7.17. The van der Waals surface area contributed by atoms with Gasteiger partial charge in [-0.1, -0.05) is 13.0 Å². The van der Waals surface area contributed by atoms with E-state index < -0.39 is 39.3 Å². The number of ether oxygens (including phenoxy) is 2. The highest BCUT2D eigenvalue weighted by Crippen LogP contribution is 2.40. The van der Waals surface area contributed by atoms with Crippen LogP contribution in [0, 0.1) is 0 Å². The molecule has 1 fully saturated rings. The van der Waals surface area contributed by atoms with Crippen molar-refractivity contribution < 1.29 is 40.0 Å². The zero-order chi connectivity index (χ0) is 29.3. The van der Waals surface area contributed by atoms with Crippen LogP contribution in [0.3, 0.4) is 0 Å². The lowest BCUT2D eigenvalue weighted by atomic mass is 10.0. The predicted molar refractivity (Wildman–Crippen MR) is 140 cm³/mol. The van der Waals surface area contributed by atoms with Gasteiger partial charge in [0.15, 0.2) is 12.0 Å². The summed E-state index contributed by atoms with van der Waals surface area (Å²) in [7, 11) is -5.99. The Morgan fingerprint density at radius 2 is 1.93 bits per heavy atom. The zero-order valence-corrected chi connectivity index (χ0v) is 23.3. The van der Waals surface area contributed by atoms with Gasteiger partial charge in [0.2, 0.25) is 0 Å². The third kappa shape index (κ3) is 6.66. The van der Waals surface area contributed by atoms with E-state index in [0.717, 1.165) is 18.4 Å². The first-order valence-electron chi connectivity index (χ1n) is 12.7. The highest BCUT2D eigenvalue weighted by atomic mass is 32.2. The molecule has 3 heterocycles. The van der Waals surface area contributed by atoms with E-state index >= 15 is 0 Å². The number of hydrogen-bond acceptors (Lipinski definition) is 8. The van der Waals surface area contributed by atoms with Crippen LogP contribution in [0.15, 0.2) is 36.7 Å². The first-order valence-corrected chi connectivity index (χ1v) is 14.1. The van der Waals surface area contributed by atoms with Gasteiger partial charge in [-0.15, -0.1) is 0 Å². The van der Waals surface area contributed by atoms with Crippen LogP contribution in [0.1, 0.15) is 64.7 Å². The number of carbonyl (C=O) groups excluding carboxylic acids is 1. The van der Waals surface area contributed by atoms with E-state index in [1.165, 1.54) is 23.1 Å². The second kappa shape index (κ2) is 11.2.